The zero-order valence-electron chi connectivity index (χ0n) is 10.6. The Hall–Kier alpha value is -1.88. The average Bonchev–Trinajstić information content (AvgIpc) is 2.76. The first kappa shape index (κ1) is 13.5. The van der Waals surface area contributed by atoms with Gasteiger partial charge in [-0.15, -0.1) is 0 Å². The lowest BCUT2D eigenvalue weighted by atomic mass is 9.90. The van der Waals surface area contributed by atoms with Crippen molar-refractivity contribution in [1.82, 2.24) is 10.1 Å². The number of aromatic nitrogens is 2. The molecule has 5 nitrogen and oxygen atoms in total. The van der Waals surface area contributed by atoms with E-state index in [9.17, 15) is 4.79 Å². The summed E-state index contributed by atoms with van der Waals surface area (Å²) in [5.74, 6) is -0.212. The highest BCUT2D eigenvalue weighted by Gasteiger charge is 2.30. The fourth-order valence-electron chi connectivity index (χ4n) is 1.53. The third kappa shape index (κ3) is 3.12. The Morgan fingerprint density at radius 2 is 2.21 bits per heavy atom. The van der Waals surface area contributed by atoms with Gasteiger partial charge in [-0.3, -0.25) is 4.79 Å². The van der Waals surface area contributed by atoms with Crippen molar-refractivity contribution in [1.29, 1.82) is 0 Å². The number of halogens is 1. The minimum absolute atomic E-state index is 0.176. The highest BCUT2D eigenvalue weighted by Crippen LogP contribution is 2.24. The van der Waals surface area contributed by atoms with E-state index in [0.29, 0.717) is 16.7 Å². The van der Waals surface area contributed by atoms with E-state index in [1.807, 2.05) is 6.07 Å². The number of benzene rings is 1. The monoisotopic (exact) mass is 280 g/mol. The summed E-state index contributed by atoms with van der Waals surface area (Å²) in [4.78, 5) is 15.2. The first-order chi connectivity index (χ1) is 8.88. The number of hydrogen-bond acceptors (Lipinski definition) is 4. The molecule has 0 amide bonds. The number of nitrogens with zero attached hydrogens (tertiary/aromatic N) is 2. The van der Waals surface area contributed by atoms with Crippen LogP contribution in [-0.2, 0) is 11.2 Å². The Kier molecular flexibility index (Phi) is 3.57. The summed E-state index contributed by atoms with van der Waals surface area (Å²) in [5, 5.41) is 13.5. The number of carbonyl (C=O) groups is 1. The highest BCUT2D eigenvalue weighted by atomic mass is 35.5. The third-order valence-electron chi connectivity index (χ3n) is 2.72. The second-order valence-corrected chi connectivity index (χ2v) is 5.32. The first-order valence-electron chi connectivity index (χ1n) is 5.70. The van der Waals surface area contributed by atoms with Gasteiger partial charge in [0.1, 0.15) is 0 Å². The number of hydrogen-bond donors (Lipinski definition) is 1. The Morgan fingerprint density at radius 3 is 2.84 bits per heavy atom. The fourth-order valence-corrected chi connectivity index (χ4v) is 1.72. The van der Waals surface area contributed by atoms with Crippen LogP contribution in [0.15, 0.2) is 28.8 Å². The van der Waals surface area contributed by atoms with E-state index in [-0.39, 0.29) is 6.42 Å². The molecule has 1 aromatic carbocycles. The second kappa shape index (κ2) is 5.01. The maximum absolute atomic E-state index is 11.0. The van der Waals surface area contributed by atoms with Crippen LogP contribution in [0.1, 0.15) is 19.7 Å². The third-order valence-corrected chi connectivity index (χ3v) is 2.96. The van der Waals surface area contributed by atoms with E-state index in [4.69, 9.17) is 21.2 Å². The van der Waals surface area contributed by atoms with Gasteiger partial charge in [0.15, 0.2) is 0 Å². The van der Waals surface area contributed by atoms with Crippen molar-refractivity contribution in [2.75, 3.05) is 0 Å². The van der Waals surface area contributed by atoms with Gasteiger partial charge in [-0.25, -0.2) is 0 Å². The van der Waals surface area contributed by atoms with Crippen LogP contribution < -0.4 is 0 Å². The van der Waals surface area contributed by atoms with Gasteiger partial charge in [0.2, 0.25) is 11.7 Å². The molecule has 0 unspecified atom stereocenters. The van der Waals surface area contributed by atoms with E-state index in [1.165, 1.54) is 0 Å². The van der Waals surface area contributed by atoms with Gasteiger partial charge in [-0.1, -0.05) is 28.9 Å². The van der Waals surface area contributed by atoms with E-state index in [2.05, 4.69) is 10.1 Å². The molecule has 0 spiro atoms. The molecule has 1 N–H and O–H groups in total. The van der Waals surface area contributed by atoms with E-state index >= 15 is 0 Å². The SMILES string of the molecule is CC(C)(Cc1nc(-c2cccc(Cl)c2)no1)C(=O)O. The molecule has 0 saturated carbocycles. The number of carboxylic acids is 1. The van der Waals surface area contributed by atoms with Crippen LogP contribution in [0.3, 0.4) is 0 Å². The topological polar surface area (TPSA) is 76.2 Å². The summed E-state index contributed by atoms with van der Waals surface area (Å²) in [7, 11) is 0. The summed E-state index contributed by atoms with van der Waals surface area (Å²) in [6.07, 6.45) is 0.176. The van der Waals surface area contributed by atoms with Gasteiger partial charge in [0.05, 0.1) is 5.41 Å². The molecule has 2 rings (SSSR count). The van der Waals surface area contributed by atoms with Crippen molar-refractivity contribution in [2.24, 2.45) is 5.41 Å². The predicted octanol–water partition coefficient (Wildman–Crippen LogP) is 3.04. The normalized spacial score (nSPS) is 11.5. The molecule has 0 aliphatic heterocycles. The summed E-state index contributed by atoms with van der Waals surface area (Å²) in [5.41, 5.74) is -0.214. The molecule has 100 valence electrons. The van der Waals surface area contributed by atoms with Gasteiger partial charge < -0.3 is 9.63 Å². The summed E-state index contributed by atoms with van der Waals surface area (Å²) in [6.45, 7) is 3.22. The Balaban J connectivity index is 2.23. The molecule has 2 aromatic rings. The molecule has 0 atom stereocenters. The fraction of sp³-hybridized carbons (Fsp3) is 0.308. The standard InChI is InChI=1S/C13H13ClN2O3/c1-13(2,12(17)18)7-10-15-11(16-19-10)8-4-3-5-9(14)6-8/h3-6H,7H2,1-2H3,(H,17,18). The number of rotatable bonds is 4. The molecule has 0 fully saturated rings. The summed E-state index contributed by atoms with van der Waals surface area (Å²) in [6, 6.07) is 7.07. The van der Waals surface area contributed by atoms with Crippen LogP contribution in [0.25, 0.3) is 11.4 Å². The molecule has 0 bridgehead atoms. The Labute approximate surface area is 115 Å². The van der Waals surface area contributed by atoms with Crippen LogP contribution in [0.5, 0.6) is 0 Å². The van der Waals surface area contributed by atoms with Gasteiger partial charge in [0.25, 0.3) is 0 Å². The Morgan fingerprint density at radius 1 is 1.47 bits per heavy atom. The molecule has 1 aromatic heterocycles. The Bertz CT molecular complexity index is 607. The molecule has 19 heavy (non-hydrogen) atoms. The van der Waals surface area contributed by atoms with Gasteiger partial charge in [0, 0.05) is 17.0 Å². The first-order valence-corrected chi connectivity index (χ1v) is 6.08. The van der Waals surface area contributed by atoms with E-state index in [1.54, 1.807) is 32.0 Å². The lowest BCUT2D eigenvalue weighted by Gasteiger charge is -2.15. The van der Waals surface area contributed by atoms with Gasteiger partial charge in [-0.05, 0) is 26.0 Å². The predicted molar refractivity (Wildman–Crippen MR) is 69.9 cm³/mol. The van der Waals surface area contributed by atoms with Crippen LogP contribution in [0.4, 0.5) is 0 Å². The average molecular weight is 281 g/mol. The molecular formula is C13H13ClN2O3. The molecule has 1 heterocycles. The maximum Gasteiger partial charge on any atom is 0.309 e. The van der Waals surface area contributed by atoms with Gasteiger partial charge >= 0.3 is 5.97 Å². The van der Waals surface area contributed by atoms with E-state index < -0.39 is 11.4 Å². The highest BCUT2D eigenvalue weighted by molar-refractivity contribution is 6.30. The largest absolute Gasteiger partial charge is 0.481 e. The minimum atomic E-state index is -0.946. The minimum Gasteiger partial charge on any atom is -0.481 e. The van der Waals surface area contributed by atoms with Crippen LogP contribution in [0, 0.1) is 5.41 Å². The van der Waals surface area contributed by atoms with Crippen molar-refractivity contribution in [3.05, 3.63) is 35.2 Å². The van der Waals surface area contributed by atoms with Crippen LogP contribution in [0.2, 0.25) is 5.02 Å². The molecule has 0 saturated heterocycles. The molecule has 0 radical (unpaired) electrons. The van der Waals surface area contributed by atoms with Crippen LogP contribution in [-0.4, -0.2) is 21.2 Å². The van der Waals surface area contributed by atoms with Crippen molar-refractivity contribution >= 4 is 17.6 Å². The summed E-state index contributed by atoms with van der Waals surface area (Å²) < 4.78 is 5.08. The lowest BCUT2D eigenvalue weighted by Crippen LogP contribution is -2.26. The summed E-state index contributed by atoms with van der Waals surface area (Å²) >= 11 is 5.89. The zero-order valence-corrected chi connectivity index (χ0v) is 11.3. The quantitative estimate of drug-likeness (QED) is 0.931. The molecule has 0 aliphatic carbocycles. The van der Waals surface area contributed by atoms with Crippen molar-refractivity contribution in [2.45, 2.75) is 20.3 Å². The van der Waals surface area contributed by atoms with Crippen molar-refractivity contribution in [3.63, 3.8) is 0 Å². The smallest absolute Gasteiger partial charge is 0.309 e. The molecular weight excluding hydrogens is 268 g/mol. The molecule has 0 aliphatic rings. The number of carboxylic acid groups (broad SMARTS) is 1. The van der Waals surface area contributed by atoms with E-state index in [0.717, 1.165) is 5.56 Å². The zero-order chi connectivity index (χ0) is 14.0. The van der Waals surface area contributed by atoms with Crippen LogP contribution >= 0.6 is 11.6 Å². The lowest BCUT2D eigenvalue weighted by molar-refractivity contribution is -0.147. The van der Waals surface area contributed by atoms with Gasteiger partial charge in [-0.2, -0.15) is 4.98 Å². The maximum atomic E-state index is 11.0. The second-order valence-electron chi connectivity index (χ2n) is 4.89. The number of aliphatic carboxylic acids is 1. The molecule has 6 heteroatoms. The van der Waals surface area contributed by atoms with Crippen molar-refractivity contribution < 1.29 is 14.4 Å². The van der Waals surface area contributed by atoms with Crippen molar-refractivity contribution in [3.8, 4) is 11.4 Å².